The van der Waals surface area contributed by atoms with Crippen molar-refractivity contribution in [1.82, 2.24) is 42.5 Å². The summed E-state index contributed by atoms with van der Waals surface area (Å²) in [5.74, 6) is -11.8. The summed E-state index contributed by atoms with van der Waals surface area (Å²) in [7, 11) is 5.25. The number of aromatic hydroxyl groups is 3. The van der Waals surface area contributed by atoms with Gasteiger partial charge in [0.15, 0.2) is 23.9 Å². The molecule has 2 saturated heterocycles. The topological polar surface area (TPSA) is 459 Å². The van der Waals surface area contributed by atoms with Crippen molar-refractivity contribution in [3.05, 3.63) is 117 Å². The Hall–Kier alpha value is -8.63. The third-order valence-electron chi connectivity index (χ3n) is 17.5. The number of primary amides is 1. The maximum absolute atomic E-state index is 16.0. The summed E-state index contributed by atoms with van der Waals surface area (Å²) in [6, 6.07) is 3.00. The van der Waals surface area contributed by atoms with Crippen molar-refractivity contribution < 1.29 is 103 Å². The quantitative estimate of drug-likeness (QED) is 0.0853. The number of amides is 7. The van der Waals surface area contributed by atoms with E-state index in [0.717, 1.165) is 24.3 Å². The molecule has 0 saturated carbocycles. The van der Waals surface area contributed by atoms with Gasteiger partial charge in [-0.3, -0.25) is 33.6 Å². The molecule has 5 aromatic carbocycles. The normalized spacial score (nSPS) is 28.0. The molecule has 0 aromatic heterocycles. The first kappa shape index (κ1) is 75.6. The molecule has 32 heteroatoms. The van der Waals surface area contributed by atoms with Gasteiger partial charge in [-0.05, 0) is 143 Å². The van der Waals surface area contributed by atoms with Crippen LogP contribution in [0.2, 0.25) is 10.0 Å². The predicted molar refractivity (Wildman–Crippen MR) is 358 cm³/mol. The van der Waals surface area contributed by atoms with Crippen LogP contribution in [0.4, 0.5) is 0 Å². The molecule has 0 radical (unpaired) electrons. The van der Waals surface area contributed by atoms with Crippen LogP contribution < -0.4 is 62.5 Å². The molecule has 8 unspecified atom stereocenters. The Morgan fingerprint density at radius 1 is 0.670 bits per heavy atom. The van der Waals surface area contributed by atoms with Crippen LogP contribution in [0.15, 0.2) is 78.9 Å². The Bertz CT molecular complexity index is 3890. The SMILES string of the molecule is CCC1OC(Oc2c3cc4cc2Oc2ccc(cc2Cl)[C@@H](O)[C@@H](NC(=O)[C@@H](CC(C)C)NC)C(=O)N[C@@H](CC(N)=O)C(=O)N[C@H]4C(=O)N[C@H]2C(=O)N[C@H](C(=O)N[C@@H](C)c4cc(O)cc(O)c4-c4cc2ccc4O)[C@H](O)c2ccc(c(Cl)c2)O3)C(OC2CCC(O)C(C)O2)C(O)C1O.CNC. The highest BCUT2D eigenvalue weighted by molar-refractivity contribution is 6.32. The Morgan fingerprint density at radius 3 is 1.86 bits per heavy atom. The van der Waals surface area contributed by atoms with Gasteiger partial charge in [0.25, 0.3) is 0 Å². The highest BCUT2D eigenvalue weighted by Gasteiger charge is 2.49. The summed E-state index contributed by atoms with van der Waals surface area (Å²) in [6.07, 6.45) is -15.1. The molecule has 7 aliphatic heterocycles. The maximum atomic E-state index is 16.0. The minimum absolute atomic E-state index is 0.0257. The lowest BCUT2D eigenvalue weighted by molar-refractivity contribution is -0.326. The number of hydrogen-bond donors (Lipinski definition) is 17. The van der Waals surface area contributed by atoms with Gasteiger partial charge >= 0.3 is 0 Å². The number of hydrogen-bond acceptors (Lipinski definition) is 23. The van der Waals surface area contributed by atoms with Crippen molar-refractivity contribution in [2.45, 2.75) is 170 Å². The molecule has 12 rings (SSSR count). The highest BCUT2D eigenvalue weighted by atomic mass is 35.5. The lowest BCUT2D eigenvalue weighted by atomic mass is 9.90. The molecule has 0 spiro atoms. The van der Waals surface area contributed by atoms with E-state index in [1.54, 1.807) is 13.8 Å². The average molecular weight is 1430 g/mol. The minimum atomic E-state index is -2.23. The summed E-state index contributed by atoms with van der Waals surface area (Å²) in [4.78, 5) is 103. The van der Waals surface area contributed by atoms with Gasteiger partial charge in [0.2, 0.25) is 53.4 Å². The molecule has 30 nitrogen and oxygen atoms in total. The number of halogens is 2. The molecule has 2 fully saturated rings. The number of fused-ring (bicyclic) bond motifs is 15. The second-order valence-corrected chi connectivity index (χ2v) is 26.2. The molecule has 100 heavy (non-hydrogen) atoms. The van der Waals surface area contributed by atoms with Crippen LogP contribution in [0.25, 0.3) is 11.1 Å². The number of rotatable bonds is 12. The summed E-state index contributed by atoms with van der Waals surface area (Å²) >= 11 is 14.2. The van der Waals surface area contributed by atoms with E-state index in [9.17, 15) is 60.0 Å². The zero-order chi connectivity index (χ0) is 72.9. The van der Waals surface area contributed by atoms with E-state index in [4.69, 9.17) is 57.4 Å². The van der Waals surface area contributed by atoms with E-state index < -0.39 is 186 Å². The van der Waals surface area contributed by atoms with E-state index in [2.05, 4.69) is 42.5 Å². The third kappa shape index (κ3) is 16.9. The molecular weight excluding hydrogens is 1350 g/mol. The number of benzene rings is 5. The molecule has 11 bridgehead atoms. The van der Waals surface area contributed by atoms with Crippen molar-refractivity contribution in [3.8, 4) is 57.1 Å². The lowest BCUT2D eigenvalue weighted by Crippen LogP contribution is -2.61. The Kier molecular flexibility index (Phi) is 24.4. The van der Waals surface area contributed by atoms with Gasteiger partial charge in [0, 0.05) is 23.6 Å². The summed E-state index contributed by atoms with van der Waals surface area (Å²) in [5.41, 5.74) is 4.67. The highest BCUT2D eigenvalue weighted by Crippen LogP contribution is 2.50. The molecule has 540 valence electrons. The van der Waals surface area contributed by atoms with Gasteiger partial charge in [0.05, 0.1) is 46.9 Å². The van der Waals surface area contributed by atoms with Crippen LogP contribution in [0, 0.1) is 5.92 Å². The molecular formula is C68H83Cl2N9O21. The fourth-order valence-corrected chi connectivity index (χ4v) is 12.7. The minimum Gasteiger partial charge on any atom is -0.508 e. The zero-order valence-corrected chi connectivity index (χ0v) is 57.2. The number of nitrogens with two attached hydrogens (primary N) is 1. The maximum Gasteiger partial charge on any atom is 0.248 e. The lowest BCUT2D eigenvalue weighted by Gasteiger charge is -2.44. The van der Waals surface area contributed by atoms with Crippen LogP contribution in [0.3, 0.4) is 0 Å². The number of ether oxygens (including phenoxy) is 6. The van der Waals surface area contributed by atoms with Gasteiger partial charge in [-0.2, -0.15) is 0 Å². The van der Waals surface area contributed by atoms with Crippen LogP contribution >= 0.6 is 23.2 Å². The van der Waals surface area contributed by atoms with E-state index in [1.165, 1.54) is 68.6 Å². The van der Waals surface area contributed by atoms with Crippen LogP contribution in [-0.2, 0) is 47.8 Å². The van der Waals surface area contributed by atoms with Crippen molar-refractivity contribution in [2.75, 3.05) is 21.1 Å². The van der Waals surface area contributed by atoms with Gasteiger partial charge < -0.3 is 118 Å². The molecule has 0 aliphatic carbocycles. The molecule has 17 atom stereocenters. The Morgan fingerprint density at radius 2 is 1.27 bits per heavy atom. The molecule has 5 aromatic rings. The summed E-state index contributed by atoms with van der Waals surface area (Å²) < 4.78 is 38.9. The van der Waals surface area contributed by atoms with Crippen molar-refractivity contribution in [3.63, 3.8) is 0 Å². The molecule has 18 N–H and O–H groups in total. The van der Waals surface area contributed by atoms with Crippen LogP contribution in [0.5, 0.6) is 46.0 Å². The first-order valence-corrected chi connectivity index (χ1v) is 33.1. The number of likely N-dealkylation sites (N-methyl/N-ethyl adjacent to an activating group) is 1. The largest absolute Gasteiger partial charge is 0.508 e. The zero-order valence-electron chi connectivity index (χ0n) is 55.7. The van der Waals surface area contributed by atoms with Gasteiger partial charge in [0.1, 0.15) is 83.4 Å². The van der Waals surface area contributed by atoms with E-state index in [0.29, 0.717) is 0 Å². The van der Waals surface area contributed by atoms with Crippen LogP contribution in [-0.4, -0.2) is 177 Å². The molecule has 7 amide bonds. The van der Waals surface area contributed by atoms with E-state index >= 15 is 14.4 Å². The molecule has 7 heterocycles. The van der Waals surface area contributed by atoms with Crippen molar-refractivity contribution in [2.24, 2.45) is 11.7 Å². The number of carbonyl (C=O) groups is 7. The Balaban J connectivity index is 0.00000382. The number of carbonyl (C=O) groups excluding carboxylic acids is 7. The fraction of sp³-hybridized carbons (Fsp3) is 0.456. The summed E-state index contributed by atoms with van der Waals surface area (Å²) in [5, 5.41) is 113. The second-order valence-electron chi connectivity index (χ2n) is 25.4. The van der Waals surface area contributed by atoms with Crippen molar-refractivity contribution in [1.29, 1.82) is 0 Å². The average Bonchev–Trinajstić information content (AvgIpc) is 0.809. The first-order chi connectivity index (χ1) is 47.4. The third-order valence-corrected chi connectivity index (χ3v) is 18.1. The number of phenols is 3. The molecule has 7 aliphatic rings. The van der Waals surface area contributed by atoms with Crippen LogP contribution in [0.1, 0.15) is 125 Å². The van der Waals surface area contributed by atoms with E-state index in [-0.39, 0.29) is 92.1 Å². The first-order valence-electron chi connectivity index (χ1n) is 32.4. The smallest absolute Gasteiger partial charge is 0.248 e. The number of phenolic OH excluding ortho intramolecular Hbond substituents is 3. The fourth-order valence-electron chi connectivity index (χ4n) is 12.3. The number of aliphatic hydroxyl groups is 5. The van der Waals surface area contributed by atoms with Gasteiger partial charge in [-0.15, -0.1) is 0 Å². The Labute approximate surface area is 584 Å². The standard InChI is InChI=1S/C66H76Cl2N8O21.C2H7N/c1-7-42-56(84)57(85)59(96-48-15-12-39(78)27(5)92-48)66(95-42)97-58-45-20-31-21-46(58)94-44-14-10-30(19-36(44)68)55(83)53(75-60(86)37(70-6)16-25(2)3)65(91)72-38(24-47(69)81)61(87)73-51(31)63(89)74-50-28-8-11-40(79)34(17-28)49-33(22-32(77)23-41(49)80)26(4)71-64(90)52(76-62(50)88)54(82)29-9-13-43(93-45)35(67)18-29;1-3-2/h8-11,13-14,17-23,25-27,37-39,42,48,50-57,59,66,70,77-80,82-85H,7,12,15-16,24H2,1-6H3,(H2,69,81)(H,71,90)(H,72,91)(H,73,87)(H,74,89)(H,75,86)(H,76,88);3H,1-2H3/t26-,27?,37+,38-,39?,42?,48?,50+,51+,52-,53+,54+,55+,56?,57?,59?,66?;/m0./s1. The number of nitrogens with one attached hydrogen (secondary N) is 8. The monoisotopic (exact) mass is 1430 g/mol. The van der Waals surface area contributed by atoms with Crippen molar-refractivity contribution >= 4 is 64.6 Å². The number of aliphatic hydroxyl groups excluding tert-OH is 5. The van der Waals surface area contributed by atoms with E-state index in [1.807, 2.05) is 27.9 Å². The predicted octanol–water partition coefficient (Wildman–Crippen LogP) is 2.97. The summed E-state index contributed by atoms with van der Waals surface area (Å²) in [6.45, 7) is 8.41. The van der Waals surface area contributed by atoms with Gasteiger partial charge in [-0.25, -0.2) is 0 Å². The van der Waals surface area contributed by atoms with Gasteiger partial charge in [-0.1, -0.05) is 62.2 Å². The second kappa shape index (κ2) is 32.4.